The molecule has 0 aliphatic carbocycles. The Labute approximate surface area is 152 Å². The van der Waals surface area contributed by atoms with Crippen molar-refractivity contribution in [2.24, 2.45) is 5.73 Å². The van der Waals surface area contributed by atoms with Gasteiger partial charge in [-0.25, -0.2) is 13.4 Å². The Morgan fingerprint density at radius 3 is 2.73 bits per heavy atom. The van der Waals surface area contributed by atoms with Crippen LogP contribution in [0.1, 0.15) is 10.5 Å². The van der Waals surface area contributed by atoms with Gasteiger partial charge < -0.3 is 5.73 Å². The number of thiophene rings is 1. The van der Waals surface area contributed by atoms with Crippen LogP contribution in [0.2, 0.25) is 0 Å². The van der Waals surface area contributed by atoms with Crippen molar-refractivity contribution in [3.63, 3.8) is 0 Å². The van der Waals surface area contributed by atoms with Crippen LogP contribution in [-0.2, 0) is 9.84 Å². The number of aromatic amines is 1. The summed E-state index contributed by atoms with van der Waals surface area (Å²) in [6, 6.07) is 6.96. The number of aromatic nitrogens is 4. The van der Waals surface area contributed by atoms with E-state index in [2.05, 4.69) is 15.2 Å². The molecule has 4 aromatic rings. The highest BCUT2D eigenvalue weighted by Crippen LogP contribution is 2.32. The maximum absolute atomic E-state index is 11.7. The third kappa shape index (κ3) is 2.68. The van der Waals surface area contributed by atoms with Gasteiger partial charge in [0.25, 0.3) is 5.91 Å². The van der Waals surface area contributed by atoms with Gasteiger partial charge in [0.1, 0.15) is 15.6 Å². The predicted octanol–water partition coefficient (Wildman–Crippen LogP) is 1.96. The summed E-state index contributed by atoms with van der Waals surface area (Å²) in [6.07, 6.45) is 6.21. The summed E-state index contributed by atoms with van der Waals surface area (Å²) in [5.74, 6) is -0.598. The first-order chi connectivity index (χ1) is 12.3. The van der Waals surface area contributed by atoms with Gasteiger partial charge in [-0.15, -0.1) is 11.3 Å². The smallest absolute Gasteiger partial charge is 0.267 e. The molecule has 0 fully saturated rings. The Balaban J connectivity index is 1.87. The normalized spacial score (nSPS) is 11.9. The largest absolute Gasteiger partial charge is 0.364 e. The van der Waals surface area contributed by atoms with Crippen molar-refractivity contribution in [2.45, 2.75) is 4.21 Å². The maximum Gasteiger partial charge on any atom is 0.267 e. The number of hydrogen-bond acceptors (Lipinski definition) is 6. The molecule has 8 nitrogen and oxygen atoms in total. The Bertz CT molecular complexity index is 1250. The van der Waals surface area contributed by atoms with Crippen LogP contribution in [-0.4, -0.2) is 40.2 Å². The van der Waals surface area contributed by atoms with E-state index in [0.29, 0.717) is 15.4 Å². The van der Waals surface area contributed by atoms with Crippen LogP contribution in [0.4, 0.5) is 0 Å². The van der Waals surface area contributed by atoms with Gasteiger partial charge in [0.05, 0.1) is 23.0 Å². The van der Waals surface area contributed by atoms with Gasteiger partial charge in [-0.2, -0.15) is 5.10 Å². The van der Waals surface area contributed by atoms with Crippen LogP contribution < -0.4 is 5.73 Å². The number of primary amides is 1. The molecule has 0 aliphatic rings. The number of rotatable bonds is 4. The van der Waals surface area contributed by atoms with Crippen LogP contribution in [0.15, 0.2) is 47.1 Å². The second-order valence-electron chi connectivity index (χ2n) is 5.70. The predicted molar refractivity (Wildman–Crippen MR) is 97.7 cm³/mol. The SMILES string of the molecule is CS(=O)(=O)c1ccc(-c2cnc3ccc(-c4cn[nH]c4C(N)=O)cn23)s1. The molecule has 0 unspecified atom stereocenters. The van der Waals surface area contributed by atoms with Crippen LogP contribution in [0.5, 0.6) is 0 Å². The number of nitrogens with one attached hydrogen (secondary N) is 1. The number of nitrogens with two attached hydrogens (primary N) is 1. The van der Waals surface area contributed by atoms with Gasteiger partial charge in [-0.3, -0.25) is 14.3 Å². The van der Waals surface area contributed by atoms with Gasteiger partial charge in [0.15, 0.2) is 9.84 Å². The molecule has 0 aromatic carbocycles. The first kappa shape index (κ1) is 16.5. The third-order valence-corrected chi connectivity index (χ3v) is 6.83. The molecular weight excluding hydrogens is 374 g/mol. The summed E-state index contributed by atoms with van der Waals surface area (Å²) in [5.41, 5.74) is 8.37. The maximum atomic E-state index is 11.7. The number of fused-ring (bicyclic) bond motifs is 1. The molecule has 4 heterocycles. The summed E-state index contributed by atoms with van der Waals surface area (Å²) in [5, 5.41) is 6.48. The topological polar surface area (TPSA) is 123 Å². The molecule has 0 saturated carbocycles. The lowest BCUT2D eigenvalue weighted by molar-refractivity contribution is 0.0996. The van der Waals surface area contributed by atoms with Crippen molar-refractivity contribution >= 4 is 32.7 Å². The molecule has 0 radical (unpaired) electrons. The fraction of sp³-hybridized carbons (Fsp3) is 0.0625. The lowest BCUT2D eigenvalue weighted by atomic mass is 10.1. The van der Waals surface area contributed by atoms with E-state index >= 15 is 0 Å². The number of nitrogens with zero attached hydrogens (tertiary/aromatic N) is 3. The molecule has 4 rings (SSSR count). The molecule has 0 aliphatic heterocycles. The van der Waals surface area contributed by atoms with E-state index in [4.69, 9.17) is 5.73 Å². The number of carbonyl (C=O) groups excluding carboxylic acids is 1. The van der Waals surface area contributed by atoms with E-state index < -0.39 is 15.7 Å². The van der Waals surface area contributed by atoms with E-state index in [1.807, 2.05) is 22.7 Å². The quantitative estimate of drug-likeness (QED) is 0.554. The average molecular weight is 387 g/mol. The lowest BCUT2D eigenvalue weighted by Gasteiger charge is -2.04. The van der Waals surface area contributed by atoms with E-state index in [0.717, 1.165) is 16.1 Å². The molecular formula is C16H13N5O3S2. The van der Waals surface area contributed by atoms with Crippen molar-refractivity contribution in [3.8, 4) is 21.7 Å². The highest BCUT2D eigenvalue weighted by atomic mass is 32.2. The second kappa shape index (κ2) is 5.78. The lowest BCUT2D eigenvalue weighted by Crippen LogP contribution is -2.12. The molecule has 4 aromatic heterocycles. The molecule has 3 N–H and O–H groups in total. The zero-order valence-corrected chi connectivity index (χ0v) is 15.1. The van der Waals surface area contributed by atoms with Crippen molar-refractivity contribution in [2.75, 3.05) is 6.26 Å². The minimum Gasteiger partial charge on any atom is -0.364 e. The molecule has 0 spiro atoms. The summed E-state index contributed by atoms with van der Waals surface area (Å²) in [4.78, 5) is 16.7. The van der Waals surface area contributed by atoms with Crippen LogP contribution >= 0.6 is 11.3 Å². The molecule has 0 bridgehead atoms. The van der Waals surface area contributed by atoms with E-state index in [-0.39, 0.29) is 5.69 Å². The van der Waals surface area contributed by atoms with Gasteiger partial charge in [0.2, 0.25) is 0 Å². The van der Waals surface area contributed by atoms with Crippen molar-refractivity contribution < 1.29 is 13.2 Å². The number of amides is 1. The first-order valence-corrected chi connectivity index (χ1v) is 10.2. The fourth-order valence-electron chi connectivity index (χ4n) is 2.67. The minimum absolute atomic E-state index is 0.224. The van der Waals surface area contributed by atoms with Crippen molar-refractivity contribution in [1.82, 2.24) is 19.6 Å². The molecule has 1 amide bonds. The summed E-state index contributed by atoms with van der Waals surface area (Å²) in [6.45, 7) is 0. The number of imidazole rings is 1. The van der Waals surface area contributed by atoms with Crippen LogP contribution in [0.25, 0.3) is 27.3 Å². The fourth-order valence-corrected chi connectivity index (χ4v) is 4.61. The van der Waals surface area contributed by atoms with Gasteiger partial charge >= 0.3 is 0 Å². The molecule has 26 heavy (non-hydrogen) atoms. The minimum atomic E-state index is -3.26. The number of sulfone groups is 1. The third-order valence-electron chi connectivity index (χ3n) is 3.90. The zero-order valence-electron chi connectivity index (χ0n) is 13.5. The Morgan fingerprint density at radius 2 is 2.04 bits per heavy atom. The molecule has 0 atom stereocenters. The second-order valence-corrected chi connectivity index (χ2v) is 9.03. The standard InChI is InChI=1S/C16H13N5O3S2/c1-26(23,24)14-5-3-12(25-14)11-7-18-13-4-2-9(8-21(11)13)10-6-19-20-15(10)16(17)22/h2-8H,1H3,(H2,17,22)(H,19,20). The summed E-state index contributed by atoms with van der Waals surface area (Å²) < 4.78 is 25.6. The number of H-pyrrole nitrogens is 1. The molecule has 0 saturated heterocycles. The van der Waals surface area contributed by atoms with Crippen molar-refractivity contribution in [3.05, 3.63) is 48.5 Å². The molecule has 132 valence electrons. The summed E-state index contributed by atoms with van der Waals surface area (Å²) >= 11 is 1.18. The van der Waals surface area contributed by atoms with E-state index in [9.17, 15) is 13.2 Å². The van der Waals surface area contributed by atoms with Gasteiger partial charge in [-0.05, 0) is 24.3 Å². The average Bonchev–Trinajstić information content (AvgIpc) is 3.31. The number of hydrogen-bond donors (Lipinski definition) is 2. The number of carbonyl (C=O) groups is 1. The van der Waals surface area contributed by atoms with Crippen molar-refractivity contribution in [1.29, 1.82) is 0 Å². The Kier molecular flexibility index (Phi) is 3.67. The Hall–Kier alpha value is -2.98. The Morgan fingerprint density at radius 1 is 1.23 bits per heavy atom. The monoisotopic (exact) mass is 387 g/mol. The molecule has 10 heteroatoms. The van der Waals surface area contributed by atoms with Crippen LogP contribution in [0.3, 0.4) is 0 Å². The highest BCUT2D eigenvalue weighted by Gasteiger charge is 2.16. The summed E-state index contributed by atoms with van der Waals surface area (Å²) in [7, 11) is -3.26. The van der Waals surface area contributed by atoms with Gasteiger partial charge in [0, 0.05) is 23.6 Å². The van der Waals surface area contributed by atoms with Crippen LogP contribution in [0, 0.1) is 0 Å². The zero-order chi connectivity index (χ0) is 18.5. The highest BCUT2D eigenvalue weighted by molar-refractivity contribution is 7.92. The number of pyridine rings is 1. The van der Waals surface area contributed by atoms with E-state index in [1.54, 1.807) is 18.3 Å². The first-order valence-electron chi connectivity index (χ1n) is 7.45. The van der Waals surface area contributed by atoms with Gasteiger partial charge in [-0.1, -0.05) is 0 Å². The van der Waals surface area contributed by atoms with E-state index in [1.165, 1.54) is 23.8 Å².